The van der Waals surface area contributed by atoms with Crippen molar-refractivity contribution >= 4 is 11.6 Å². The molecule has 2 fully saturated rings. The lowest BCUT2D eigenvalue weighted by Crippen LogP contribution is -2.45. The van der Waals surface area contributed by atoms with Crippen LogP contribution in [-0.4, -0.2) is 39.9 Å². The monoisotopic (exact) mass is 296 g/mol. The lowest BCUT2D eigenvalue weighted by molar-refractivity contribution is 0.166. The second-order valence-corrected chi connectivity index (χ2v) is 6.47. The Balaban J connectivity index is 1.59. The van der Waals surface area contributed by atoms with Crippen LogP contribution in [0.2, 0.25) is 5.02 Å². The minimum absolute atomic E-state index is 0.630. The number of hydrogen-bond acceptors (Lipinski definition) is 3. The van der Waals surface area contributed by atoms with Gasteiger partial charge in [-0.2, -0.15) is 5.10 Å². The Morgan fingerprint density at radius 1 is 1.35 bits per heavy atom. The summed E-state index contributed by atoms with van der Waals surface area (Å²) in [5.74, 6) is 0. The summed E-state index contributed by atoms with van der Waals surface area (Å²) in [4.78, 5) is 2.66. The summed E-state index contributed by atoms with van der Waals surface area (Å²) in [6, 6.07) is 1.44. The number of rotatable bonds is 4. The molecule has 0 spiro atoms. The molecule has 0 aromatic carbocycles. The van der Waals surface area contributed by atoms with Crippen molar-refractivity contribution in [3.05, 3.63) is 16.4 Å². The van der Waals surface area contributed by atoms with Crippen molar-refractivity contribution in [3.8, 4) is 0 Å². The lowest BCUT2D eigenvalue weighted by Gasteiger charge is -2.35. The highest BCUT2D eigenvalue weighted by Crippen LogP contribution is 2.27. The highest BCUT2D eigenvalue weighted by Gasteiger charge is 2.31. The van der Waals surface area contributed by atoms with Crippen LogP contribution in [-0.2, 0) is 13.1 Å². The SMILES string of the molecule is CCn1nc(C)c(Cl)c1CNC1CCN2CCCC2C1. The largest absolute Gasteiger partial charge is 0.308 e. The number of fused-ring (bicyclic) bond motifs is 1. The Morgan fingerprint density at radius 2 is 2.20 bits per heavy atom. The van der Waals surface area contributed by atoms with Gasteiger partial charge in [-0.3, -0.25) is 4.68 Å². The molecule has 3 rings (SSSR count). The fourth-order valence-corrected chi connectivity index (χ4v) is 3.89. The summed E-state index contributed by atoms with van der Waals surface area (Å²) in [6.07, 6.45) is 5.31. The predicted octanol–water partition coefficient (Wildman–Crippen LogP) is 2.58. The minimum Gasteiger partial charge on any atom is -0.308 e. The maximum Gasteiger partial charge on any atom is 0.0860 e. The molecule has 2 saturated heterocycles. The molecule has 2 aliphatic rings. The quantitative estimate of drug-likeness (QED) is 0.927. The molecular formula is C15H25ClN4. The third-order valence-corrected chi connectivity index (χ3v) is 5.32. The standard InChI is InChI=1S/C15H25ClN4/c1-3-20-14(15(16)11(2)18-20)10-17-12-6-8-19-7-4-5-13(19)9-12/h12-13,17H,3-10H2,1-2H3. The third kappa shape index (κ3) is 2.74. The summed E-state index contributed by atoms with van der Waals surface area (Å²) in [5, 5.41) is 9.02. The molecular weight excluding hydrogens is 272 g/mol. The third-order valence-electron chi connectivity index (χ3n) is 4.83. The van der Waals surface area contributed by atoms with E-state index in [0.29, 0.717) is 6.04 Å². The van der Waals surface area contributed by atoms with Crippen molar-refractivity contribution in [2.24, 2.45) is 0 Å². The smallest absolute Gasteiger partial charge is 0.0860 e. The van der Waals surface area contributed by atoms with Gasteiger partial charge in [-0.1, -0.05) is 11.6 Å². The molecule has 112 valence electrons. The normalized spacial score (nSPS) is 26.9. The average Bonchev–Trinajstić information content (AvgIpc) is 3.02. The highest BCUT2D eigenvalue weighted by molar-refractivity contribution is 6.31. The van der Waals surface area contributed by atoms with Gasteiger partial charge in [-0.15, -0.1) is 0 Å². The first-order chi connectivity index (χ1) is 9.69. The van der Waals surface area contributed by atoms with Crippen LogP contribution in [0.15, 0.2) is 0 Å². The molecule has 0 radical (unpaired) electrons. The molecule has 4 nitrogen and oxygen atoms in total. The van der Waals surface area contributed by atoms with Gasteiger partial charge in [0.2, 0.25) is 0 Å². The number of aryl methyl sites for hydroxylation is 2. The zero-order valence-corrected chi connectivity index (χ0v) is 13.3. The van der Waals surface area contributed by atoms with E-state index >= 15 is 0 Å². The summed E-state index contributed by atoms with van der Waals surface area (Å²) in [7, 11) is 0. The van der Waals surface area contributed by atoms with Crippen LogP contribution in [0, 0.1) is 6.92 Å². The number of piperidine rings is 1. The molecule has 1 N–H and O–H groups in total. The van der Waals surface area contributed by atoms with E-state index in [1.165, 1.54) is 38.8 Å². The van der Waals surface area contributed by atoms with E-state index in [0.717, 1.165) is 35.5 Å². The van der Waals surface area contributed by atoms with E-state index in [9.17, 15) is 0 Å². The van der Waals surface area contributed by atoms with Crippen LogP contribution in [0.1, 0.15) is 44.0 Å². The van der Waals surface area contributed by atoms with Crippen molar-refractivity contribution < 1.29 is 0 Å². The first-order valence-corrected chi connectivity index (χ1v) is 8.26. The fourth-order valence-electron chi connectivity index (χ4n) is 3.69. The Hall–Kier alpha value is -0.580. The fraction of sp³-hybridized carbons (Fsp3) is 0.800. The van der Waals surface area contributed by atoms with Gasteiger partial charge in [0.15, 0.2) is 0 Å². The van der Waals surface area contributed by atoms with Gasteiger partial charge in [0.1, 0.15) is 0 Å². The molecule has 1 aromatic rings. The topological polar surface area (TPSA) is 33.1 Å². The van der Waals surface area contributed by atoms with Gasteiger partial charge in [0, 0.05) is 25.2 Å². The Labute approximate surface area is 126 Å². The molecule has 3 heterocycles. The van der Waals surface area contributed by atoms with Gasteiger partial charge in [0.25, 0.3) is 0 Å². The number of aromatic nitrogens is 2. The Morgan fingerprint density at radius 3 is 3.00 bits per heavy atom. The molecule has 0 saturated carbocycles. The first kappa shape index (κ1) is 14.4. The van der Waals surface area contributed by atoms with E-state index in [-0.39, 0.29) is 0 Å². The maximum absolute atomic E-state index is 6.37. The van der Waals surface area contributed by atoms with Crippen LogP contribution in [0.3, 0.4) is 0 Å². The van der Waals surface area contributed by atoms with Crippen LogP contribution in [0.25, 0.3) is 0 Å². The van der Waals surface area contributed by atoms with Crippen molar-refractivity contribution in [2.45, 2.75) is 64.7 Å². The van der Waals surface area contributed by atoms with Crippen LogP contribution >= 0.6 is 11.6 Å². The lowest BCUT2D eigenvalue weighted by atomic mass is 9.97. The van der Waals surface area contributed by atoms with Gasteiger partial charge in [-0.05, 0) is 52.6 Å². The van der Waals surface area contributed by atoms with E-state index in [2.05, 4.69) is 22.2 Å². The van der Waals surface area contributed by atoms with Crippen molar-refractivity contribution in [1.82, 2.24) is 20.0 Å². The van der Waals surface area contributed by atoms with Crippen LogP contribution in [0.5, 0.6) is 0 Å². The highest BCUT2D eigenvalue weighted by atomic mass is 35.5. The van der Waals surface area contributed by atoms with Gasteiger partial charge in [-0.25, -0.2) is 0 Å². The van der Waals surface area contributed by atoms with E-state index in [1.807, 2.05) is 11.6 Å². The molecule has 1 aromatic heterocycles. The minimum atomic E-state index is 0.630. The number of nitrogens with zero attached hydrogens (tertiary/aromatic N) is 3. The van der Waals surface area contributed by atoms with Crippen LogP contribution in [0.4, 0.5) is 0 Å². The van der Waals surface area contributed by atoms with Gasteiger partial charge >= 0.3 is 0 Å². The number of nitrogens with one attached hydrogen (secondary N) is 1. The van der Waals surface area contributed by atoms with E-state index in [4.69, 9.17) is 11.6 Å². The first-order valence-electron chi connectivity index (χ1n) is 7.88. The van der Waals surface area contributed by atoms with E-state index < -0.39 is 0 Å². The Kier molecular flexibility index (Phi) is 4.34. The molecule has 0 aliphatic carbocycles. The van der Waals surface area contributed by atoms with Crippen molar-refractivity contribution in [2.75, 3.05) is 13.1 Å². The molecule has 2 unspecified atom stereocenters. The average molecular weight is 297 g/mol. The van der Waals surface area contributed by atoms with Gasteiger partial charge < -0.3 is 10.2 Å². The predicted molar refractivity (Wildman–Crippen MR) is 82.1 cm³/mol. The maximum atomic E-state index is 6.37. The summed E-state index contributed by atoms with van der Waals surface area (Å²) >= 11 is 6.37. The van der Waals surface area contributed by atoms with Gasteiger partial charge in [0.05, 0.1) is 16.4 Å². The molecule has 0 bridgehead atoms. The molecule has 0 amide bonds. The molecule has 5 heteroatoms. The summed E-state index contributed by atoms with van der Waals surface area (Å²) < 4.78 is 2.02. The number of hydrogen-bond donors (Lipinski definition) is 1. The summed E-state index contributed by atoms with van der Waals surface area (Å²) in [5.41, 5.74) is 2.08. The number of halogens is 1. The second kappa shape index (κ2) is 6.04. The van der Waals surface area contributed by atoms with Crippen molar-refractivity contribution in [3.63, 3.8) is 0 Å². The van der Waals surface area contributed by atoms with E-state index in [1.54, 1.807) is 0 Å². The summed E-state index contributed by atoms with van der Waals surface area (Å²) in [6.45, 7) is 8.38. The zero-order valence-electron chi connectivity index (χ0n) is 12.5. The zero-order chi connectivity index (χ0) is 14.1. The molecule has 2 aliphatic heterocycles. The molecule has 20 heavy (non-hydrogen) atoms. The van der Waals surface area contributed by atoms with Crippen LogP contribution < -0.4 is 5.32 Å². The second-order valence-electron chi connectivity index (χ2n) is 6.10. The van der Waals surface area contributed by atoms with Crippen molar-refractivity contribution in [1.29, 1.82) is 0 Å². The molecule has 2 atom stereocenters. The Bertz CT molecular complexity index is 471.